The van der Waals surface area contributed by atoms with E-state index in [2.05, 4.69) is 29.4 Å². The number of benzene rings is 2. The third-order valence-electron chi connectivity index (χ3n) is 4.02. The molecule has 7 heteroatoms. The number of aromatic nitrogens is 2. The van der Waals surface area contributed by atoms with Crippen molar-refractivity contribution in [3.8, 4) is 5.69 Å². The Morgan fingerprint density at radius 2 is 2.04 bits per heavy atom. The minimum atomic E-state index is -0.468. The predicted octanol–water partition coefficient (Wildman–Crippen LogP) is 4.28. The molecule has 3 rings (SSSR count). The molecule has 3 aromatic rings. The molecule has 6 nitrogen and oxygen atoms in total. The van der Waals surface area contributed by atoms with Gasteiger partial charge in [0.15, 0.2) is 0 Å². The molecule has 0 aliphatic rings. The van der Waals surface area contributed by atoms with Crippen molar-refractivity contribution in [1.29, 1.82) is 0 Å². The van der Waals surface area contributed by atoms with Gasteiger partial charge >= 0.3 is 0 Å². The summed E-state index contributed by atoms with van der Waals surface area (Å²) in [6, 6.07) is 13.1. The molecule has 0 unspecified atom stereocenters. The lowest BCUT2D eigenvalue weighted by Crippen LogP contribution is -2.18. The molecule has 0 fully saturated rings. The van der Waals surface area contributed by atoms with E-state index in [0.29, 0.717) is 6.54 Å². The van der Waals surface area contributed by atoms with E-state index in [9.17, 15) is 10.1 Å². The molecular formula is C18H17ClN4O2. The Labute approximate surface area is 150 Å². The van der Waals surface area contributed by atoms with Gasteiger partial charge in [-0.15, -0.1) is 0 Å². The molecule has 25 heavy (non-hydrogen) atoms. The predicted molar refractivity (Wildman–Crippen MR) is 96.9 cm³/mol. The first-order valence-electron chi connectivity index (χ1n) is 7.79. The second-order valence-electron chi connectivity index (χ2n) is 5.71. The zero-order valence-corrected chi connectivity index (χ0v) is 14.3. The largest absolute Gasteiger partial charge is 0.306 e. The molecule has 1 aromatic heterocycles. The van der Waals surface area contributed by atoms with Crippen LogP contribution in [0.25, 0.3) is 5.69 Å². The maximum absolute atomic E-state index is 11.0. The van der Waals surface area contributed by atoms with E-state index in [1.807, 2.05) is 22.9 Å². The number of hydrogen-bond acceptors (Lipinski definition) is 4. The van der Waals surface area contributed by atoms with Gasteiger partial charge in [-0.25, -0.2) is 4.98 Å². The third-order valence-corrected chi connectivity index (χ3v) is 4.33. The maximum Gasteiger partial charge on any atom is 0.288 e. The highest BCUT2D eigenvalue weighted by Gasteiger charge is 2.13. The average Bonchev–Trinajstić information content (AvgIpc) is 3.15. The molecule has 0 aliphatic carbocycles. The van der Waals surface area contributed by atoms with Crippen LogP contribution >= 0.6 is 11.6 Å². The summed E-state index contributed by atoms with van der Waals surface area (Å²) < 4.78 is 1.94. The summed E-state index contributed by atoms with van der Waals surface area (Å²) in [5, 5.41) is 14.5. The van der Waals surface area contributed by atoms with E-state index in [-0.39, 0.29) is 16.8 Å². The fourth-order valence-electron chi connectivity index (χ4n) is 2.54. The monoisotopic (exact) mass is 356 g/mol. The summed E-state index contributed by atoms with van der Waals surface area (Å²) in [6.07, 6.45) is 5.39. The molecule has 0 radical (unpaired) electrons. The Morgan fingerprint density at radius 1 is 1.28 bits per heavy atom. The van der Waals surface area contributed by atoms with Gasteiger partial charge in [0.2, 0.25) is 0 Å². The minimum Gasteiger partial charge on any atom is -0.306 e. The first-order valence-corrected chi connectivity index (χ1v) is 8.17. The second kappa shape index (κ2) is 7.46. The van der Waals surface area contributed by atoms with Crippen molar-refractivity contribution in [2.24, 2.45) is 0 Å². The Balaban J connectivity index is 1.65. The summed E-state index contributed by atoms with van der Waals surface area (Å²) in [4.78, 5) is 14.5. The Bertz CT molecular complexity index is 863. The van der Waals surface area contributed by atoms with Gasteiger partial charge in [0.25, 0.3) is 5.69 Å². The summed E-state index contributed by atoms with van der Waals surface area (Å²) in [5.41, 5.74) is 2.92. The van der Waals surface area contributed by atoms with E-state index in [1.54, 1.807) is 24.7 Å². The van der Waals surface area contributed by atoms with Crippen LogP contribution in [0.2, 0.25) is 5.02 Å². The van der Waals surface area contributed by atoms with Gasteiger partial charge in [0.1, 0.15) is 5.02 Å². The molecule has 0 bridgehead atoms. The lowest BCUT2D eigenvalue weighted by atomic mass is 10.1. The molecule has 0 aliphatic heterocycles. The molecule has 128 valence electrons. The van der Waals surface area contributed by atoms with Gasteiger partial charge in [-0.3, -0.25) is 10.1 Å². The molecule has 1 heterocycles. The highest BCUT2D eigenvalue weighted by atomic mass is 35.5. The molecule has 1 N–H and O–H groups in total. The molecule has 0 saturated heterocycles. The van der Waals surface area contributed by atoms with E-state index in [1.165, 1.54) is 6.07 Å². The van der Waals surface area contributed by atoms with Gasteiger partial charge < -0.3 is 9.88 Å². The van der Waals surface area contributed by atoms with Crippen LogP contribution in [-0.2, 0) is 6.54 Å². The highest BCUT2D eigenvalue weighted by Crippen LogP contribution is 2.25. The number of rotatable bonds is 6. The van der Waals surface area contributed by atoms with Crippen LogP contribution in [0.4, 0.5) is 5.69 Å². The zero-order valence-electron chi connectivity index (χ0n) is 13.6. The maximum atomic E-state index is 11.0. The molecule has 1 atom stereocenters. The number of nitro groups is 1. The van der Waals surface area contributed by atoms with Gasteiger partial charge in [-0.05, 0) is 36.2 Å². The topological polar surface area (TPSA) is 73.0 Å². The van der Waals surface area contributed by atoms with Gasteiger partial charge in [0.05, 0.1) is 11.3 Å². The fraction of sp³-hybridized carbons (Fsp3) is 0.167. The van der Waals surface area contributed by atoms with Crippen molar-refractivity contribution in [2.75, 3.05) is 0 Å². The number of nitrogens with zero attached hydrogens (tertiary/aromatic N) is 3. The number of nitrogens with one attached hydrogen (secondary N) is 1. The van der Waals surface area contributed by atoms with Crippen molar-refractivity contribution in [2.45, 2.75) is 19.5 Å². The summed E-state index contributed by atoms with van der Waals surface area (Å²) in [5.74, 6) is 0. The van der Waals surface area contributed by atoms with Crippen LogP contribution in [-0.4, -0.2) is 14.5 Å². The summed E-state index contributed by atoms with van der Waals surface area (Å²) in [7, 11) is 0. The average molecular weight is 357 g/mol. The van der Waals surface area contributed by atoms with E-state index < -0.39 is 4.92 Å². The quantitative estimate of drug-likeness (QED) is 0.528. The standard InChI is InChI=1S/C18H17ClN4O2/c1-13(15-3-5-16(6-4-15)22-9-8-20-12-22)21-11-14-2-7-17(19)18(10-14)23(24)25/h2-10,12-13,21H,11H2,1H3/t13-/m0/s1. The van der Waals surface area contributed by atoms with Crippen LogP contribution < -0.4 is 5.32 Å². The van der Waals surface area contributed by atoms with Crippen LogP contribution in [0.3, 0.4) is 0 Å². The Hall–Kier alpha value is -2.70. The van der Waals surface area contributed by atoms with Crippen LogP contribution in [0.15, 0.2) is 61.2 Å². The van der Waals surface area contributed by atoms with E-state index in [4.69, 9.17) is 11.6 Å². The van der Waals surface area contributed by atoms with Crippen molar-refractivity contribution < 1.29 is 4.92 Å². The van der Waals surface area contributed by atoms with Gasteiger partial charge in [-0.1, -0.05) is 29.8 Å². The summed E-state index contributed by atoms with van der Waals surface area (Å²) in [6.45, 7) is 2.57. The van der Waals surface area contributed by atoms with Crippen molar-refractivity contribution in [3.63, 3.8) is 0 Å². The van der Waals surface area contributed by atoms with Crippen LogP contribution in [0.1, 0.15) is 24.1 Å². The van der Waals surface area contributed by atoms with Crippen molar-refractivity contribution in [3.05, 3.63) is 87.4 Å². The highest BCUT2D eigenvalue weighted by molar-refractivity contribution is 6.32. The Morgan fingerprint density at radius 3 is 2.68 bits per heavy atom. The van der Waals surface area contributed by atoms with Crippen LogP contribution in [0, 0.1) is 10.1 Å². The van der Waals surface area contributed by atoms with Gasteiger partial charge in [-0.2, -0.15) is 0 Å². The number of imidazole rings is 1. The van der Waals surface area contributed by atoms with Crippen molar-refractivity contribution in [1.82, 2.24) is 14.9 Å². The fourth-order valence-corrected chi connectivity index (χ4v) is 2.73. The minimum absolute atomic E-state index is 0.0710. The molecular weight excluding hydrogens is 340 g/mol. The SMILES string of the molecule is C[C@H](NCc1ccc(Cl)c([N+](=O)[O-])c1)c1ccc(-n2ccnc2)cc1. The normalized spacial score (nSPS) is 12.1. The smallest absolute Gasteiger partial charge is 0.288 e. The second-order valence-corrected chi connectivity index (χ2v) is 6.11. The first kappa shape index (κ1) is 17.1. The third kappa shape index (κ3) is 4.04. The first-order chi connectivity index (χ1) is 12.0. The number of nitro benzene ring substituents is 1. The van der Waals surface area contributed by atoms with E-state index in [0.717, 1.165) is 16.8 Å². The van der Waals surface area contributed by atoms with E-state index >= 15 is 0 Å². The van der Waals surface area contributed by atoms with Crippen molar-refractivity contribution >= 4 is 17.3 Å². The molecule has 0 amide bonds. The molecule has 2 aromatic carbocycles. The van der Waals surface area contributed by atoms with Crippen LogP contribution in [0.5, 0.6) is 0 Å². The molecule has 0 spiro atoms. The lowest BCUT2D eigenvalue weighted by Gasteiger charge is -2.15. The number of halogens is 1. The van der Waals surface area contributed by atoms with Gasteiger partial charge in [0, 0.05) is 36.7 Å². The molecule has 0 saturated carbocycles. The summed E-state index contributed by atoms with van der Waals surface area (Å²) >= 11 is 5.84. The lowest BCUT2D eigenvalue weighted by molar-refractivity contribution is -0.384. The zero-order chi connectivity index (χ0) is 17.8. The Kier molecular flexibility index (Phi) is 5.11. The number of hydrogen-bond donors (Lipinski definition) is 1.